The fourth-order valence-electron chi connectivity index (χ4n) is 2.79. The average molecular weight is 282 g/mol. The first-order chi connectivity index (χ1) is 8.99. The molecule has 1 saturated heterocycles. The molecule has 0 spiro atoms. The Kier molecular flexibility index (Phi) is 4.79. The molecule has 108 valence electrons. The van der Waals surface area contributed by atoms with E-state index in [9.17, 15) is 0 Å². The minimum atomic E-state index is 0.443. The van der Waals surface area contributed by atoms with Crippen LogP contribution < -0.4 is 5.32 Å². The highest BCUT2D eigenvalue weighted by Gasteiger charge is 2.27. The number of rotatable bonds is 3. The fourth-order valence-corrected chi connectivity index (χ4v) is 3.53. The van der Waals surface area contributed by atoms with Crippen LogP contribution in [0.2, 0.25) is 0 Å². The molecular formula is C14H26N4S. The largest absolute Gasteiger partial charge is 0.363 e. The third-order valence-electron chi connectivity index (χ3n) is 4.09. The van der Waals surface area contributed by atoms with Gasteiger partial charge in [0.05, 0.1) is 6.54 Å². The molecule has 0 radical (unpaired) electrons. The van der Waals surface area contributed by atoms with Crippen LogP contribution in [-0.4, -0.2) is 35.2 Å². The van der Waals surface area contributed by atoms with Crippen molar-refractivity contribution in [1.82, 2.24) is 15.1 Å². The molecule has 1 aliphatic rings. The van der Waals surface area contributed by atoms with E-state index in [2.05, 4.69) is 41.2 Å². The van der Waals surface area contributed by atoms with Crippen molar-refractivity contribution in [3.63, 3.8) is 0 Å². The van der Waals surface area contributed by atoms with Crippen molar-refractivity contribution in [1.29, 1.82) is 0 Å². The summed E-state index contributed by atoms with van der Waals surface area (Å²) in [7, 11) is 1.89. The highest BCUT2D eigenvalue weighted by atomic mass is 32.1. The van der Waals surface area contributed by atoms with Crippen molar-refractivity contribution >= 4 is 16.5 Å². The van der Waals surface area contributed by atoms with Gasteiger partial charge in [-0.15, -0.1) is 10.2 Å². The average Bonchev–Trinajstić information content (AvgIpc) is 2.65. The van der Waals surface area contributed by atoms with Gasteiger partial charge in [-0.25, -0.2) is 0 Å². The van der Waals surface area contributed by atoms with Crippen molar-refractivity contribution < 1.29 is 0 Å². The quantitative estimate of drug-likeness (QED) is 0.924. The molecule has 0 aliphatic carbocycles. The van der Waals surface area contributed by atoms with E-state index in [-0.39, 0.29) is 0 Å². The van der Waals surface area contributed by atoms with Gasteiger partial charge in [-0.3, -0.25) is 4.90 Å². The Hall–Kier alpha value is -0.680. The van der Waals surface area contributed by atoms with Crippen LogP contribution >= 0.6 is 11.3 Å². The van der Waals surface area contributed by atoms with E-state index in [0.717, 1.165) is 22.6 Å². The molecule has 19 heavy (non-hydrogen) atoms. The SMILES string of the molecule is CNc1nnc(CN2CCCC(C(C)(C)C)CC2)s1. The van der Waals surface area contributed by atoms with Crippen LogP contribution in [0.4, 0.5) is 5.13 Å². The monoisotopic (exact) mass is 282 g/mol. The predicted molar refractivity (Wildman–Crippen MR) is 81.5 cm³/mol. The zero-order valence-electron chi connectivity index (χ0n) is 12.6. The second kappa shape index (κ2) is 6.18. The van der Waals surface area contributed by atoms with E-state index < -0.39 is 0 Å². The summed E-state index contributed by atoms with van der Waals surface area (Å²) in [6.45, 7) is 10.5. The van der Waals surface area contributed by atoms with Gasteiger partial charge in [0, 0.05) is 7.05 Å². The minimum absolute atomic E-state index is 0.443. The summed E-state index contributed by atoms with van der Waals surface area (Å²) in [6.07, 6.45) is 3.97. The molecule has 2 rings (SSSR count). The Bertz CT molecular complexity index is 396. The standard InChI is InChI=1S/C14H26N4S/c1-14(2,3)11-6-5-8-18(9-7-11)10-12-16-17-13(15-4)19-12/h11H,5-10H2,1-4H3,(H,15,17). The van der Waals surface area contributed by atoms with E-state index in [1.54, 1.807) is 11.3 Å². The second-order valence-electron chi connectivity index (χ2n) is 6.52. The third-order valence-corrected chi connectivity index (χ3v) is 5.01. The molecule has 1 aliphatic heterocycles. The molecule has 1 atom stereocenters. The number of likely N-dealkylation sites (tertiary alicyclic amines) is 1. The van der Waals surface area contributed by atoms with Crippen molar-refractivity contribution in [2.24, 2.45) is 11.3 Å². The zero-order chi connectivity index (χ0) is 13.9. The molecule has 1 N–H and O–H groups in total. The number of hydrogen-bond acceptors (Lipinski definition) is 5. The molecule has 1 fully saturated rings. The molecule has 2 heterocycles. The lowest BCUT2D eigenvalue weighted by Crippen LogP contribution is -2.26. The Morgan fingerprint density at radius 2 is 2.05 bits per heavy atom. The zero-order valence-corrected chi connectivity index (χ0v) is 13.4. The van der Waals surface area contributed by atoms with Crippen LogP contribution in [0.5, 0.6) is 0 Å². The van der Waals surface area contributed by atoms with E-state index in [4.69, 9.17) is 0 Å². The number of hydrogen-bond donors (Lipinski definition) is 1. The van der Waals surface area contributed by atoms with Crippen molar-refractivity contribution in [3.05, 3.63) is 5.01 Å². The van der Waals surface area contributed by atoms with Crippen molar-refractivity contribution in [3.8, 4) is 0 Å². The molecule has 0 saturated carbocycles. The Morgan fingerprint density at radius 3 is 2.68 bits per heavy atom. The van der Waals surface area contributed by atoms with Crippen LogP contribution in [0.15, 0.2) is 0 Å². The lowest BCUT2D eigenvalue weighted by atomic mass is 9.77. The van der Waals surface area contributed by atoms with Gasteiger partial charge in [-0.1, -0.05) is 32.1 Å². The van der Waals surface area contributed by atoms with Gasteiger partial charge in [0.25, 0.3) is 0 Å². The summed E-state index contributed by atoms with van der Waals surface area (Å²) in [5.41, 5.74) is 0.443. The number of aromatic nitrogens is 2. The molecule has 0 bridgehead atoms. The van der Waals surface area contributed by atoms with E-state index >= 15 is 0 Å². The summed E-state index contributed by atoms with van der Waals surface area (Å²) in [4.78, 5) is 2.53. The van der Waals surface area contributed by atoms with Crippen molar-refractivity contribution in [2.75, 3.05) is 25.5 Å². The summed E-state index contributed by atoms with van der Waals surface area (Å²) in [5.74, 6) is 0.847. The lowest BCUT2D eigenvalue weighted by Gasteiger charge is -2.29. The maximum absolute atomic E-state index is 4.24. The van der Waals surface area contributed by atoms with Gasteiger partial charge in [-0.05, 0) is 43.7 Å². The summed E-state index contributed by atoms with van der Waals surface area (Å²) >= 11 is 1.66. The highest BCUT2D eigenvalue weighted by Crippen LogP contribution is 2.34. The number of nitrogens with one attached hydrogen (secondary N) is 1. The molecule has 5 heteroatoms. The van der Waals surface area contributed by atoms with E-state index in [0.29, 0.717) is 5.41 Å². The van der Waals surface area contributed by atoms with Gasteiger partial charge >= 0.3 is 0 Å². The molecule has 0 aromatic carbocycles. The predicted octanol–water partition coefficient (Wildman–Crippen LogP) is 3.23. The fraction of sp³-hybridized carbons (Fsp3) is 0.857. The van der Waals surface area contributed by atoms with Gasteiger partial charge in [-0.2, -0.15) is 0 Å². The summed E-state index contributed by atoms with van der Waals surface area (Å²) in [6, 6.07) is 0. The highest BCUT2D eigenvalue weighted by molar-refractivity contribution is 7.15. The lowest BCUT2D eigenvalue weighted by molar-refractivity contribution is 0.206. The first-order valence-corrected chi connectivity index (χ1v) is 8.03. The van der Waals surface area contributed by atoms with Crippen molar-refractivity contribution in [2.45, 2.75) is 46.6 Å². The maximum Gasteiger partial charge on any atom is 0.205 e. The first kappa shape index (κ1) is 14.7. The minimum Gasteiger partial charge on any atom is -0.363 e. The molecule has 0 amide bonds. The van der Waals surface area contributed by atoms with Crippen LogP contribution in [0.3, 0.4) is 0 Å². The molecular weight excluding hydrogens is 256 g/mol. The van der Waals surface area contributed by atoms with Crippen LogP contribution in [0.25, 0.3) is 0 Å². The smallest absolute Gasteiger partial charge is 0.205 e. The molecule has 1 aromatic heterocycles. The van der Waals surface area contributed by atoms with Crippen LogP contribution in [-0.2, 0) is 6.54 Å². The Balaban J connectivity index is 1.89. The third kappa shape index (κ3) is 4.14. The summed E-state index contributed by atoms with van der Waals surface area (Å²) in [5, 5.41) is 13.4. The van der Waals surface area contributed by atoms with Gasteiger partial charge in [0.1, 0.15) is 5.01 Å². The summed E-state index contributed by atoms with van der Waals surface area (Å²) < 4.78 is 0. The molecule has 1 unspecified atom stereocenters. The van der Waals surface area contributed by atoms with E-state index in [1.165, 1.54) is 32.4 Å². The number of anilines is 1. The maximum atomic E-state index is 4.24. The number of nitrogens with zero attached hydrogens (tertiary/aromatic N) is 3. The van der Waals surface area contributed by atoms with Crippen LogP contribution in [0, 0.1) is 11.3 Å². The Morgan fingerprint density at radius 1 is 1.26 bits per heavy atom. The molecule has 4 nitrogen and oxygen atoms in total. The molecule has 1 aromatic rings. The van der Waals surface area contributed by atoms with Gasteiger partial charge < -0.3 is 5.32 Å². The Labute approximate surface area is 120 Å². The first-order valence-electron chi connectivity index (χ1n) is 7.21. The normalized spacial score (nSPS) is 22.2. The van der Waals surface area contributed by atoms with Crippen LogP contribution in [0.1, 0.15) is 45.0 Å². The topological polar surface area (TPSA) is 41.1 Å². The van der Waals surface area contributed by atoms with Gasteiger partial charge in [0.15, 0.2) is 0 Å². The second-order valence-corrected chi connectivity index (χ2v) is 7.58. The van der Waals surface area contributed by atoms with E-state index in [1.807, 2.05) is 7.05 Å². The van der Waals surface area contributed by atoms with Gasteiger partial charge in [0.2, 0.25) is 5.13 Å².